The van der Waals surface area contributed by atoms with Crippen molar-refractivity contribution in [3.63, 3.8) is 0 Å². The first-order valence-corrected chi connectivity index (χ1v) is 17.7. The fourth-order valence-electron chi connectivity index (χ4n) is 8.54. The van der Waals surface area contributed by atoms with E-state index < -0.39 is 0 Å². The zero-order valence-corrected chi connectivity index (χ0v) is 28.6. The summed E-state index contributed by atoms with van der Waals surface area (Å²) in [6, 6.07) is 63.6. The first-order valence-electron chi connectivity index (χ1n) is 17.7. The van der Waals surface area contributed by atoms with Gasteiger partial charge in [0.1, 0.15) is 11.2 Å². The number of anilines is 3. The van der Waals surface area contributed by atoms with Crippen molar-refractivity contribution in [3.8, 4) is 33.4 Å². The molecule has 51 heavy (non-hydrogen) atoms. The molecule has 0 N–H and O–H groups in total. The lowest BCUT2D eigenvalue weighted by Crippen LogP contribution is -2.21. The van der Waals surface area contributed by atoms with Crippen molar-refractivity contribution in [2.45, 2.75) is 19.3 Å². The molecule has 2 heteroatoms. The van der Waals surface area contributed by atoms with E-state index in [1.165, 1.54) is 44.5 Å². The smallest absolute Gasteiger partial charge is 0.143 e. The second-order valence-corrected chi connectivity index (χ2v) is 14.1. The third-order valence-electron chi connectivity index (χ3n) is 10.8. The largest absolute Gasteiger partial charge is 0.455 e. The molecule has 1 heterocycles. The Labute approximate surface area is 297 Å². The molecule has 8 aromatic carbocycles. The van der Waals surface area contributed by atoms with Crippen molar-refractivity contribution in [3.05, 3.63) is 187 Å². The fourth-order valence-corrected chi connectivity index (χ4v) is 8.54. The molecular formula is C49H35NO. The molecule has 0 atom stereocenters. The maximum Gasteiger partial charge on any atom is 0.143 e. The van der Waals surface area contributed by atoms with Crippen LogP contribution in [0.25, 0.3) is 66.1 Å². The molecule has 242 valence electrons. The van der Waals surface area contributed by atoms with Gasteiger partial charge in [-0.15, -0.1) is 0 Å². The Morgan fingerprint density at radius 2 is 1.14 bits per heavy atom. The van der Waals surface area contributed by atoms with Crippen molar-refractivity contribution in [2.24, 2.45) is 0 Å². The van der Waals surface area contributed by atoms with Crippen LogP contribution in [0.4, 0.5) is 17.1 Å². The van der Waals surface area contributed by atoms with E-state index in [1.807, 2.05) is 0 Å². The summed E-state index contributed by atoms with van der Waals surface area (Å²) in [6.45, 7) is 4.74. The van der Waals surface area contributed by atoms with Gasteiger partial charge in [-0.05, 0) is 80.7 Å². The molecule has 0 spiro atoms. The van der Waals surface area contributed by atoms with Gasteiger partial charge in [-0.3, -0.25) is 0 Å². The van der Waals surface area contributed by atoms with E-state index in [9.17, 15) is 0 Å². The average molecular weight is 654 g/mol. The number of para-hydroxylation sites is 1. The van der Waals surface area contributed by atoms with E-state index in [0.717, 1.165) is 49.8 Å². The highest BCUT2D eigenvalue weighted by atomic mass is 16.3. The molecule has 1 aliphatic rings. The predicted molar refractivity (Wildman–Crippen MR) is 214 cm³/mol. The normalized spacial score (nSPS) is 13.1. The molecule has 0 radical (unpaired) electrons. The molecule has 10 rings (SSSR count). The SMILES string of the molecule is CC1(C)c2ccccc2-c2cccc(N(c3cccc(-c4ccccc4)c3)c3ccccc3-c3cccc4oc5c6ccccc6ccc5c34)c21. The Bertz CT molecular complexity index is 2790. The minimum atomic E-state index is -0.200. The van der Waals surface area contributed by atoms with Crippen LogP contribution >= 0.6 is 0 Å². The number of benzene rings is 8. The molecule has 2 nitrogen and oxygen atoms in total. The zero-order valence-electron chi connectivity index (χ0n) is 28.6. The minimum Gasteiger partial charge on any atom is -0.455 e. The third kappa shape index (κ3) is 4.50. The quantitative estimate of drug-likeness (QED) is 0.184. The first-order chi connectivity index (χ1) is 25.1. The maximum atomic E-state index is 6.67. The Hall–Kier alpha value is -6.38. The molecule has 0 aliphatic heterocycles. The predicted octanol–water partition coefficient (Wildman–Crippen LogP) is 13.8. The summed E-state index contributed by atoms with van der Waals surface area (Å²) in [4.78, 5) is 2.49. The average Bonchev–Trinajstić information content (AvgIpc) is 3.69. The van der Waals surface area contributed by atoms with Crippen LogP contribution in [0.2, 0.25) is 0 Å². The Kier molecular flexibility index (Phi) is 6.56. The Balaban J connectivity index is 1.26. The van der Waals surface area contributed by atoms with Crippen LogP contribution in [0, 0.1) is 0 Å². The molecular weight excluding hydrogens is 619 g/mol. The third-order valence-corrected chi connectivity index (χ3v) is 10.8. The lowest BCUT2D eigenvalue weighted by atomic mass is 9.81. The van der Waals surface area contributed by atoms with E-state index >= 15 is 0 Å². The Morgan fingerprint density at radius 1 is 0.471 bits per heavy atom. The zero-order chi connectivity index (χ0) is 34.1. The van der Waals surface area contributed by atoms with Crippen LogP contribution in [0.1, 0.15) is 25.0 Å². The van der Waals surface area contributed by atoms with Gasteiger partial charge < -0.3 is 9.32 Å². The van der Waals surface area contributed by atoms with Gasteiger partial charge in [-0.25, -0.2) is 0 Å². The van der Waals surface area contributed by atoms with Crippen LogP contribution in [-0.2, 0) is 5.41 Å². The monoisotopic (exact) mass is 653 g/mol. The maximum absolute atomic E-state index is 6.67. The van der Waals surface area contributed by atoms with Crippen molar-refractivity contribution < 1.29 is 4.42 Å². The van der Waals surface area contributed by atoms with Crippen LogP contribution < -0.4 is 4.90 Å². The number of nitrogens with zero attached hydrogens (tertiary/aromatic N) is 1. The topological polar surface area (TPSA) is 16.4 Å². The highest BCUT2D eigenvalue weighted by molar-refractivity contribution is 6.19. The summed E-state index contributed by atoms with van der Waals surface area (Å²) in [7, 11) is 0. The summed E-state index contributed by atoms with van der Waals surface area (Å²) in [5.41, 5.74) is 15.0. The fraction of sp³-hybridized carbons (Fsp3) is 0.0612. The van der Waals surface area contributed by atoms with E-state index in [1.54, 1.807) is 0 Å². The minimum absolute atomic E-state index is 0.200. The Morgan fingerprint density at radius 3 is 2.04 bits per heavy atom. The number of fused-ring (bicyclic) bond motifs is 8. The number of rotatable bonds is 5. The van der Waals surface area contributed by atoms with Gasteiger partial charge in [0.15, 0.2) is 0 Å². The molecule has 0 fully saturated rings. The molecule has 0 bridgehead atoms. The molecule has 0 saturated carbocycles. The lowest BCUT2D eigenvalue weighted by Gasteiger charge is -2.33. The van der Waals surface area contributed by atoms with E-state index in [2.05, 4.69) is 195 Å². The van der Waals surface area contributed by atoms with Gasteiger partial charge in [0.2, 0.25) is 0 Å². The van der Waals surface area contributed by atoms with Gasteiger partial charge in [-0.1, -0.05) is 153 Å². The van der Waals surface area contributed by atoms with E-state index in [0.29, 0.717) is 0 Å². The molecule has 9 aromatic rings. The van der Waals surface area contributed by atoms with Gasteiger partial charge in [-0.2, -0.15) is 0 Å². The van der Waals surface area contributed by atoms with Crippen LogP contribution in [0.3, 0.4) is 0 Å². The number of hydrogen-bond acceptors (Lipinski definition) is 2. The van der Waals surface area contributed by atoms with Crippen LogP contribution in [0.15, 0.2) is 180 Å². The van der Waals surface area contributed by atoms with Crippen LogP contribution in [-0.4, -0.2) is 0 Å². The van der Waals surface area contributed by atoms with Gasteiger partial charge in [0.25, 0.3) is 0 Å². The lowest BCUT2D eigenvalue weighted by molar-refractivity contribution is 0.661. The molecule has 0 unspecified atom stereocenters. The summed E-state index contributed by atoms with van der Waals surface area (Å²) in [5, 5.41) is 4.57. The molecule has 0 amide bonds. The van der Waals surface area contributed by atoms with Crippen molar-refractivity contribution in [1.29, 1.82) is 0 Å². The van der Waals surface area contributed by atoms with E-state index in [-0.39, 0.29) is 5.41 Å². The highest BCUT2D eigenvalue weighted by Crippen LogP contribution is 2.55. The van der Waals surface area contributed by atoms with Crippen LogP contribution in [0.5, 0.6) is 0 Å². The summed E-state index contributed by atoms with van der Waals surface area (Å²) < 4.78 is 6.67. The molecule has 1 aromatic heterocycles. The van der Waals surface area contributed by atoms with Crippen molar-refractivity contribution in [2.75, 3.05) is 4.90 Å². The number of furan rings is 1. The van der Waals surface area contributed by atoms with Gasteiger partial charge in [0, 0.05) is 32.8 Å². The second-order valence-electron chi connectivity index (χ2n) is 14.1. The van der Waals surface area contributed by atoms with E-state index in [4.69, 9.17) is 4.42 Å². The molecule has 0 saturated heterocycles. The van der Waals surface area contributed by atoms with Crippen molar-refractivity contribution in [1.82, 2.24) is 0 Å². The second kappa shape index (κ2) is 11.3. The highest BCUT2D eigenvalue weighted by Gasteiger charge is 2.39. The summed E-state index contributed by atoms with van der Waals surface area (Å²) in [6.07, 6.45) is 0. The van der Waals surface area contributed by atoms with Crippen molar-refractivity contribution >= 4 is 49.8 Å². The van der Waals surface area contributed by atoms with Gasteiger partial charge in [0.05, 0.1) is 11.4 Å². The summed E-state index contributed by atoms with van der Waals surface area (Å²) in [5.74, 6) is 0. The molecule has 1 aliphatic carbocycles. The first kappa shape index (κ1) is 29.5. The van der Waals surface area contributed by atoms with Gasteiger partial charge >= 0.3 is 0 Å². The standard InChI is InChI=1S/C49H35NO/c1-49(2)42-25-10-8-21-37(42)40-24-13-27-44(47(40)49)50(35-19-12-18-34(31-35)32-15-4-3-5-16-32)43-26-11-9-22-38(43)39-23-14-28-45-46(39)41-30-29-33-17-6-7-20-36(33)48(41)51-45/h3-31H,1-2H3. The summed E-state index contributed by atoms with van der Waals surface area (Å²) >= 11 is 0. The number of hydrogen-bond donors (Lipinski definition) is 0.